The normalized spacial score (nSPS) is 30.8. The molecule has 5 rings (SSSR count). The van der Waals surface area contributed by atoms with Crippen LogP contribution in [-0.4, -0.2) is 80.6 Å². The minimum absolute atomic E-state index is 0.0427. The number of aliphatic hydroxyl groups excluding tert-OH is 1. The topological polar surface area (TPSA) is 178 Å². The second kappa shape index (κ2) is 6.54. The van der Waals surface area contributed by atoms with E-state index in [1.807, 2.05) is 24.3 Å². The van der Waals surface area contributed by atoms with Crippen molar-refractivity contribution in [3.05, 3.63) is 48.0 Å². The Balaban J connectivity index is 1.49. The summed E-state index contributed by atoms with van der Waals surface area (Å²) in [5.41, 5.74) is 10.5. The molecule has 0 radical (unpaired) electrons. The highest BCUT2D eigenvalue weighted by atomic mass is 16.6. The fourth-order valence-corrected chi connectivity index (χ4v) is 4.76. The maximum atomic E-state index is 12.9. The van der Waals surface area contributed by atoms with Gasteiger partial charge in [-0.25, -0.2) is 14.4 Å². The number of hydrogen-bond acceptors (Lipinski definition) is 10. The first-order chi connectivity index (χ1) is 14.8. The Morgan fingerprint density at radius 1 is 1.23 bits per heavy atom. The number of ether oxygens (including phenoxy) is 1. The third-order valence-electron chi connectivity index (χ3n) is 6.25. The number of nitrogens with two attached hydrogens (primary N) is 2. The molecule has 1 saturated heterocycles. The van der Waals surface area contributed by atoms with Gasteiger partial charge in [-0.3, -0.25) is 11.1 Å². The van der Waals surface area contributed by atoms with E-state index in [9.17, 15) is 20.1 Å². The van der Waals surface area contributed by atoms with Crippen LogP contribution in [0, 0.1) is 0 Å². The van der Waals surface area contributed by atoms with Gasteiger partial charge in [0.1, 0.15) is 12.6 Å². The molecule has 0 saturated carbocycles. The van der Waals surface area contributed by atoms with Crippen molar-refractivity contribution in [1.29, 1.82) is 0 Å². The molecule has 162 valence electrons. The SMILES string of the molecule is NC1=N[C@H]2[C@H](CO)NC(N)=[N+]3C[C@H](OC(=O)c4ccc5ccccc5c4)C(O)(O)[C@]23N1. The largest absolute Gasteiger partial charge is 0.449 e. The number of guanidine groups is 2. The molecule has 1 fully saturated rings. The minimum atomic E-state index is -2.62. The van der Waals surface area contributed by atoms with Crippen LogP contribution in [0.3, 0.4) is 0 Å². The number of nitrogens with one attached hydrogen (secondary N) is 2. The molecule has 0 bridgehead atoms. The molecule has 2 aromatic rings. The number of carbonyl (C=O) groups excluding carboxylic acids is 1. The van der Waals surface area contributed by atoms with Gasteiger partial charge in [-0.15, -0.1) is 0 Å². The smallest absolute Gasteiger partial charge is 0.346 e. The number of esters is 1. The number of aliphatic imine (C=N–C) groups is 1. The molecule has 0 aliphatic carbocycles. The Kier molecular flexibility index (Phi) is 4.13. The first-order valence-electron chi connectivity index (χ1n) is 9.81. The molecule has 2 aromatic carbocycles. The lowest BCUT2D eigenvalue weighted by atomic mass is 9.86. The summed E-state index contributed by atoms with van der Waals surface area (Å²) in [4.78, 5) is 17.1. The van der Waals surface area contributed by atoms with Crippen molar-refractivity contribution < 1.29 is 29.4 Å². The number of hydrogen-bond donors (Lipinski definition) is 7. The Hall–Kier alpha value is -3.41. The van der Waals surface area contributed by atoms with Crippen LogP contribution < -0.4 is 22.1 Å². The van der Waals surface area contributed by atoms with Gasteiger partial charge in [-0.2, -0.15) is 0 Å². The lowest BCUT2D eigenvalue weighted by Crippen LogP contribution is -2.78. The van der Waals surface area contributed by atoms with E-state index in [4.69, 9.17) is 16.2 Å². The maximum absolute atomic E-state index is 12.9. The molecule has 11 nitrogen and oxygen atoms in total. The molecule has 4 atom stereocenters. The van der Waals surface area contributed by atoms with Crippen LogP contribution in [0.1, 0.15) is 10.4 Å². The van der Waals surface area contributed by atoms with Gasteiger partial charge in [0, 0.05) is 0 Å². The molecule has 0 aromatic heterocycles. The van der Waals surface area contributed by atoms with Crippen LogP contribution in [0.4, 0.5) is 0 Å². The van der Waals surface area contributed by atoms with Gasteiger partial charge in [-0.1, -0.05) is 30.3 Å². The molecule has 31 heavy (non-hydrogen) atoms. The highest BCUT2D eigenvalue weighted by Gasteiger charge is 2.76. The first-order valence-corrected chi connectivity index (χ1v) is 9.81. The van der Waals surface area contributed by atoms with E-state index in [2.05, 4.69) is 15.6 Å². The van der Waals surface area contributed by atoms with E-state index in [1.54, 1.807) is 18.2 Å². The number of benzene rings is 2. The number of rotatable bonds is 3. The monoisotopic (exact) mass is 427 g/mol. The highest BCUT2D eigenvalue weighted by Crippen LogP contribution is 2.42. The Labute approximate surface area is 176 Å². The lowest BCUT2D eigenvalue weighted by molar-refractivity contribution is -0.623. The molecule has 3 aliphatic rings. The molecular formula is C20H23N6O5+. The highest BCUT2D eigenvalue weighted by molar-refractivity contribution is 5.95. The fraction of sp³-hybridized carbons (Fsp3) is 0.350. The summed E-state index contributed by atoms with van der Waals surface area (Å²) in [6.07, 6.45) is -1.37. The second-order valence-corrected chi connectivity index (χ2v) is 7.96. The predicted molar refractivity (Wildman–Crippen MR) is 110 cm³/mol. The van der Waals surface area contributed by atoms with Gasteiger partial charge in [-0.05, 0) is 22.9 Å². The lowest BCUT2D eigenvalue weighted by Gasteiger charge is -2.42. The quantitative estimate of drug-likeness (QED) is 0.156. The molecule has 3 aliphatic heterocycles. The summed E-state index contributed by atoms with van der Waals surface area (Å²) in [7, 11) is 0. The molecule has 0 unspecified atom stereocenters. The summed E-state index contributed by atoms with van der Waals surface area (Å²) < 4.78 is 6.96. The molecule has 0 amide bonds. The van der Waals surface area contributed by atoms with Gasteiger partial charge in [0.25, 0.3) is 5.79 Å². The number of aliphatic hydroxyl groups is 3. The van der Waals surface area contributed by atoms with Gasteiger partial charge in [0.15, 0.2) is 18.1 Å². The first kappa shape index (κ1) is 19.5. The molecule has 9 N–H and O–H groups in total. The zero-order chi connectivity index (χ0) is 22.0. The van der Waals surface area contributed by atoms with E-state index in [0.717, 1.165) is 10.8 Å². The zero-order valence-corrected chi connectivity index (χ0v) is 16.4. The summed E-state index contributed by atoms with van der Waals surface area (Å²) >= 11 is 0. The minimum Gasteiger partial charge on any atom is -0.449 e. The summed E-state index contributed by atoms with van der Waals surface area (Å²) in [5.74, 6) is -3.30. The average molecular weight is 427 g/mol. The average Bonchev–Trinajstić information content (AvgIpc) is 3.22. The van der Waals surface area contributed by atoms with Crippen LogP contribution in [-0.2, 0) is 4.74 Å². The van der Waals surface area contributed by atoms with Gasteiger partial charge >= 0.3 is 11.9 Å². The third kappa shape index (κ3) is 2.60. The number of fused-ring (bicyclic) bond motifs is 1. The zero-order valence-electron chi connectivity index (χ0n) is 16.4. The van der Waals surface area contributed by atoms with Crippen molar-refractivity contribution in [2.45, 2.75) is 29.6 Å². The van der Waals surface area contributed by atoms with Crippen molar-refractivity contribution >= 4 is 28.7 Å². The molecule has 11 heteroatoms. The Bertz CT molecular complexity index is 1150. The van der Waals surface area contributed by atoms with Gasteiger partial charge < -0.3 is 31.1 Å². The summed E-state index contributed by atoms with van der Waals surface area (Å²) in [5, 5.41) is 39.6. The molecule has 1 spiro atoms. The van der Waals surface area contributed by atoms with Crippen LogP contribution >= 0.6 is 0 Å². The van der Waals surface area contributed by atoms with Crippen molar-refractivity contribution in [2.75, 3.05) is 13.2 Å². The standard InChI is InChI=1S/C20H22N6O5/c21-17-24-15-13(9-27)23-18(22)26-8-14(20(29,30)19(15,26)25-17)31-16(28)12-6-5-10-3-1-2-4-11(10)7-12/h1-7,13-15,27,29-30H,8-9H2,(H5,21,22,23,24,25)/p+1/t13-,14-,15-,19-/m0/s1. The molecular weight excluding hydrogens is 404 g/mol. The Morgan fingerprint density at radius 2 is 1.97 bits per heavy atom. The predicted octanol–water partition coefficient (Wildman–Crippen LogP) is -2.67. The van der Waals surface area contributed by atoms with Crippen molar-refractivity contribution in [1.82, 2.24) is 10.6 Å². The van der Waals surface area contributed by atoms with E-state index in [1.165, 1.54) is 4.58 Å². The van der Waals surface area contributed by atoms with Crippen molar-refractivity contribution in [3.8, 4) is 0 Å². The van der Waals surface area contributed by atoms with Gasteiger partial charge in [0.05, 0.1) is 12.2 Å². The van der Waals surface area contributed by atoms with E-state index < -0.39 is 35.6 Å². The molecule has 3 heterocycles. The van der Waals surface area contributed by atoms with Crippen molar-refractivity contribution in [3.63, 3.8) is 0 Å². The van der Waals surface area contributed by atoms with E-state index >= 15 is 0 Å². The van der Waals surface area contributed by atoms with Gasteiger partial charge in [0.2, 0.25) is 5.66 Å². The van der Waals surface area contributed by atoms with Crippen LogP contribution in [0.25, 0.3) is 10.8 Å². The van der Waals surface area contributed by atoms with E-state index in [-0.39, 0.29) is 30.6 Å². The number of carbonyl (C=O) groups is 1. The summed E-state index contributed by atoms with van der Waals surface area (Å²) in [6, 6.07) is 11.0. The Morgan fingerprint density at radius 3 is 2.71 bits per heavy atom. The van der Waals surface area contributed by atoms with E-state index in [0.29, 0.717) is 0 Å². The third-order valence-corrected chi connectivity index (χ3v) is 6.25. The van der Waals surface area contributed by atoms with Crippen LogP contribution in [0.5, 0.6) is 0 Å². The van der Waals surface area contributed by atoms with Crippen molar-refractivity contribution in [2.24, 2.45) is 16.5 Å². The second-order valence-electron chi connectivity index (χ2n) is 7.96. The number of nitrogens with zero attached hydrogens (tertiary/aromatic N) is 2. The fourth-order valence-electron chi connectivity index (χ4n) is 4.76. The summed E-state index contributed by atoms with van der Waals surface area (Å²) in [6.45, 7) is -0.507. The maximum Gasteiger partial charge on any atom is 0.346 e. The van der Waals surface area contributed by atoms with Crippen LogP contribution in [0.15, 0.2) is 47.5 Å². The van der Waals surface area contributed by atoms with Crippen LogP contribution in [0.2, 0.25) is 0 Å².